The molecule has 1 saturated carbocycles. The van der Waals surface area contributed by atoms with Crippen LogP contribution in [0.3, 0.4) is 0 Å². The normalized spacial score (nSPS) is 22.2. The van der Waals surface area contributed by atoms with Gasteiger partial charge in [-0.15, -0.1) is 0 Å². The van der Waals surface area contributed by atoms with Gasteiger partial charge in [0.15, 0.2) is 5.78 Å². The predicted molar refractivity (Wildman–Crippen MR) is 96.4 cm³/mol. The van der Waals surface area contributed by atoms with Crippen LogP contribution in [0.5, 0.6) is 0 Å². The highest BCUT2D eigenvalue weighted by atomic mass is 35.5. The molecule has 1 fully saturated rings. The van der Waals surface area contributed by atoms with Crippen molar-refractivity contribution in [3.8, 4) is 0 Å². The number of alkyl halides is 3. The van der Waals surface area contributed by atoms with E-state index in [9.17, 15) is 18.0 Å². The highest BCUT2D eigenvalue weighted by molar-refractivity contribution is 6.42. The second-order valence-electron chi connectivity index (χ2n) is 6.07. The fourth-order valence-electron chi connectivity index (χ4n) is 3.32. The molecule has 136 valence electrons. The Hall–Kier alpha value is -1.85. The van der Waals surface area contributed by atoms with Gasteiger partial charge in [0.05, 0.1) is 27.4 Å². The highest BCUT2D eigenvalue weighted by Crippen LogP contribution is 2.43. The van der Waals surface area contributed by atoms with Crippen LogP contribution in [0.1, 0.15) is 34.9 Å². The molecule has 1 aliphatic carbocycles. The van der Waals surface area contributed by atoms with E-state index in [-0.39, 0.29) is 16.4 Å². The quantitative estimate of drug-likeness (QED) is 0.615. The smallest absolute Gasteiger partial charge is 0.298 e. The Bertz CT molecular complexity index is 893. The number of hydrogen-bond donors (Lipinski definition) is 0. The second kappa shape index (κ2) is 7.05. The number of rotatable bonds is 2. The van der Waals surface area contributed by atoms with E-state index in [2.05, 4.69) is 4.99 Å². The summed E-state index contributed by atoms with van der Waals surface area (Å²) in [7, 11) is 1.53. The van der Waals surface area contributed by atoms with E-state index < -0.39 is 23.6 Å². The third-order valence-electron chi connectivity index (χ3n) is 4.57. The van der Waals surface area contributed by atoms with Crippen LogP contribution < -0.4 is 0 Å². The lowest BCUT2D eigenvalue weighted by molar-refractivity contribution is -0.137. The number of benzene rings is 2. The number of Topliss-reactive ketones (excluding diaryl/α,β-unsaturated/α-hetero) is 1. The van der Waals surface area contributed by atoms with Crippen molar-refractivity contribution in [2.24, 2.45) is 4.99 Å². The van der Waals surface area contributed by atoms with E-state index in [0.717, 1.165) is 12.1 Å². The zero-order chi connectivity index (χ0) is 19.1. The van der Waals surface area contributed by atoms with Crippen molar-refractivity contribution in [2.45, 2.75) is 24.4 Å². The summed E-state index contributed by atoms with van der Waals surface area (Å²) < 4.78 is 39.1. The van der Waals surface area contributed by atoms with Crippen molar-refractivity contribution in [3.05, 3.63) is 69.2 Å². The van der Waals surface area contributed by atoms with Gasteiger partial charge in [-0.25, -0.2) is 0 Å². The van der Waals surface area contributed by atoms with E-state index in [1.807, 2.05) is 0 Å². The zero-order valence-electron chi connectivity index (χ0n) is 13.6. The summed E-state index contributed by atoms with van der Waals surface area (Å²) >= 11 is 12.3. The summed E-state index contributed by atoms with van der Waals surface area (Å²) in [6, 6.07) is 9.83. The molecule has 0 N–H and O–H groups in total. The predicted octanol–water partition coefficient (Wildman–Crippen LogP) is 5.92. The monoisotopic (exact) mass is 399 g/mol. The summed E-state index contributed by atoms with van der Waals surface area (Å²) in [5, 5.41) is 0.613. The second-order valence-corrected chi connectivity index (χ2v) is 6.86. The van der Waals surface area contributed by atoms with Gasteiger partial charge in [0.2, 0.25) is 0 Å². The average molecular weight is 400 g/mol. The number of aliphatic imine (C=N–C) groups is 1. The van der Waals surface area contributed by atoms with Crippen molar-refractivity contribution in [3.63, 3.8) is 0 Å². The van der Waals surface area contributed by atoms with Crippen molar-refractivity contribution >= 4 is 34.7 Å². The first-order chi connectivity index (χ1) is 12.2. The highest BCUT2D eigenvalue weighted by Gasteiger charge is 2.42. The number of nitrogens with zero attached hydrogens (tertiary/aromatic N) is 1. The molecular weight excluding hydrogens is 386 g/mol. The van der Waals surface area contributed by atoms with Gasteiger partial charge in [0.25, 0.3) is 0 Å². The molecule has 0 radical (unpaired) electrons. The van der Waals surface area contributed by atoms with Crippen LogP contribution in [0.25, 0.3) is 0 Å². The molecule has 3 rings (SSSR count). The molecule has 0 aromatic heterocycles. The summed E-state index contributed by atoms with van der Waals surface area (Å²) in [4.78, 5) is 17.2. The van der Waals surface area contributed by atoms with Crippen LogP contribution in [0.4, 0.5) is 13.2 Å². The summed E-state index contributed by atoms with van der Waals surface area (Å²) in [6.07, 6.45) is -4.17. The third-order valence-corrected chi connectivity index (χ3v) is 5.40. The molecule has 2 atom stereocenters. The maximum atomic E-state index is 13.0. The summed E-state index contributed by atoms with van der Waals surface area (Å²) in [5.74, 6) is -1.63. The lowest BCUT2D eigenvalue weighted by Crippen LogP contribution is -2.16. The maximum Gasteiger partial charge on any atom is 0.416 e. The van der Waals surface area contributed by atoms with Crippen LogP contribution in [0, 0.1) is 0 Å². The number of ketones is 1. The van der Waals surface area contributed by atoms with E-state index in [0.29, 0.717) is 22.7 Å². The standard InChI is InChI=1S/C19H14Cl2F3NO/c1-25-15-9-13(12-6-3-7-14(20)17(12)21)18(26)16(15)10-4-2-5-11(8-10)19(22,23)24/h2-8,13,16H,9H2,1H3. The average Bonchev–Trinajstić information content (AvgIpc) is 2.93. The molecule has 0 aliphatic heterocycles. The Morgan fingerprint density at radius 3 is 2.46 bits per heavy atom. The Kier molecular flexibility index (Phi) is 5.13. The number of hydrogen-bond acceptors (Lipinski definition) is 2. The van der Waals surface area contributed by atoms with Crippen molar-refractivity contribution < 1.29 is 18.0 Å². The van der Waals surface area contributed by atoms with Gasteiger partial charge in [-0.2, -0.15) is 13.2 Å². The molecule has 0 amide bonds. The molecule has 0 saturated heterocycles. The minimum Gasteiger partial charge on any atom is -0.298 e. The van der Waals surface area contributed by atoms with Gasteiger partial charge in [0, 0.05) is 19.2 Å². The maximum absolute atomic E-state index is 13.0. The van der Waals surface area contributed by atoms with Crippen LogP contribution in [-0.4, -0.2) is 18.5 Å². The molecule has 2 unspecified atom stereocenters. The van der Waals surface area contributed by atoms with Gasteiger partial charge in [0.1, 0.15) is 0 Å². The molecule has 1 aliphatic rings. The van der Waals surface area contributed by atoms with Crippen LogP contribution in [-0.2, 0) is 11.0 Å². The van der Waals surface area contributed by atoms with Gasteiger partial charge < -0.3 is 0 Å². The molecule has 2 nitrogen and oxygen atoms in total. The largest absolute Gasteiger partial charge is 0.416 e. The molecule has 7 heteroatoms. The van der Waals surface area contributed by atoms with E-state index in [1.165, 1.54) is 19.2 Å². The fourth-order valence-corrected chi connectivity index (χ4v) is 3.76. The van der Waals surface area contributed by atoms with E-state index in [4.69, 9.17) is 23.2 Å². The van der Waals surface area contributed by atoms with Crippen LogP contribution in [0.15, 0.2) is 47.5 Å². The Balaban J connectivity index is 2.04. The van der Waals surface area contributed by atoms with Gasteiger partial charge >= 0.3 is 6.18 Å². The first-order valence-electron chi connectivity index (χ1n) is 7.84. The number of halogens is 5. The molecule has 2 aromatic carbocycles. The van der Waals surface area contributed by atoms with Gasteiger partial charge in [-0.05, 0) is 23.3 Å². The minimum atomic E-state index is -4.48. The Morgan fingerprint density at radius 1 is 1.12 bits per heavy atom. The Labute approximate surface area is 158 Å². The lowest BCUT2D eigenvalue weighted by atomic mass is 9.90. The van der Waals surface area contributed by atoms with Crippen molar-refractivity contribution in [1.29, 1.82) is 0 Å². The van der Waals surface area contributed by atoms with Crippen LogP contribution >= 0.6 is 23.2 Å². The fraction of sp³-hybridized carbons (Fsp3) is 0.263. The first-order valence-corrected chi connectivity index (χ1v) is 8.60. The van der Waals surface area contributed by atoms with E-state index >= 15 is 0 Å². The summed E-state index contributed by atoms with van der Waals surface area (Å²) in [5.41, 5.74) is 0.601. The molecule has 26 heavy (non-hydrogen) atoms. The van der Waals surface area contributed by atoms with Gasteiger partial charge in [-0.1, -0.05) is 53.5 Å². The van der Waals surface area contributed by atoms with Crippen LogP contribution in [0.2, 0.25) is 10.0 Å². The van der Waals surface area contributed by atoms with Crippen molar-refractivity contribution in [1.82, 2.24) is 0 Å². The Morgan fingerprint density at radius 2 is 1.81 bits per heavy atom. The summed E-state index contributed by atoms with van der Waals surface area (Å²) in [6.45, 7) is 0. The lowest BCUT2D eigenvalue weighted by Gasteiger charge is -2.15. The van der Waals surface area contributed by atoms with E-state index in [1.54, 1.807) is 18.2 Å². The number of carbonyl (C=O) groups excluding carboxylic acids is 1. The minimum absolute atomic E-state index is 0.228. The molecule has 0 spiro atoms. The first kappa shape index (κ1) is 18.9. The topological polar surface area (TPSA) is 29.4 Å². The number of carbonyl (C=O) groups is 1. The molecule has 0 heterocycles. The third kappa shape index (κ3) is 3.38. The molecular formula is C19H14Cl2F3NO. The van der Waals surface area contributed by atoms with Crippen molar-refractivity contribution in [2.75, 3.05) is 7.05 Å². The molecule has 2 aromatic rings. The SMILES string of the molecule is CN=C1CC(c2cccc(Cl)c2Cl)C(=O)C1c1cccc(C(F)(F)F)c1. The molecule has 0 bridgehead atoms. The van der Waals surface area contributed by atoms with Gasteiger partial charge in [-0.3, -0.25) is 9.79 Å². The zero-order valence-corrected chi connectivity index (χ0v) is 15.2.